The third-order valence-corrected chi connectivity index (χ3v) is 2.17. The summed E-state index contributed by atoms with van der Waals surface area (Å²) in [6.07, 6.45) is 1.94. The average Bonchev–Trinajstić information content (AvgIpc) is 2.16. The number of rotatable bonds is 2. The van der Waals surface area contributed by atoms with E-state index in [0.29, 0.717) is 6.41 Å². The van der Waals surface area contributed by atoms with Crippen LogP contribution in [-0.2, 0) is 4.79 Å². The molecule has 1 aliphatic heterocycles. The molecule has 1 saturated heterocycles. The molecule has 82 valence electrons. The van der Waals surface area contributed by atoms with Gasteiger partial charge in [-0.3, -0.25) is 4.79 Å². The number of carbonyl (C=O) groups is 1. The summed E-state index contributed by atoms with van der Waals surface area (Å²) in [5.74, 6) is 1.14. The van der Waals surface area contributed by atoms with Crippen LogP contribution in [0.15, 0.2) is 18.2 Å². The minimum Gasteiger partial charge on any atom is -0.362 e. The van der Waals surface area contributed by atoms with E-state index in [4.69, 9.17) is 4.79 Å². The molecule has 1 N–H and O–H groups in total. The van der Waals surface area contributed by atoms with Crippen molar-refractivity contribution in [2.45, 2.75) is 13.3 Å². The Morgan fingerprint density at radius 1 is 1.47 bits per heavy atom. The smallest absolute Gasteiger partial charge is 0.206 e. The molecule has 0 aliphatic carbocycles. The molecule has 4 heteroatoms. The van der Waals surface area contributed by atoms with Gasteiger partial charge in [-0.05, 0) is 25.5 Å². The minimum atomic E-state index is 0.625. The molecule has 2 rings (SSSR count). The van der Waals surface area contributed by atoms with Crippen LogP contribution in [0.2, 0.25) is 0 Å². The predicted octanol–water partition coefficient (Wildman–Crippen LogP) is 0.962. The predicted molar refractivity (Wildman–Crippen MR) is 60.9 cm³/mol. The van der Waals surface area contributed by atoms with Crippen LogP contribution in [0, 0.1) is 6.92 Å². The molecular weight excluding hydrogens is 190 g/mol. The lowest BCUT2D eigenvalue weighted by molar-refractivity contribution is -0.109. The number of nitrogens with zero attached hydrogens (tertiary/aromatic N) is 2. The van der Waals surface area contributed by atoms with E-state index in [1.807, 2.05) is 13.0 Å². The van der Waals surface area contributed by atoms with Crippen molar-refractivity contribution >= 4 is 12.2 Å². The molecule has 1 aromatic rings. The van der Waals surface area contributed by atoms with Crippen molar-refractivity contribution in [1.82, 2.24) is 10.3 Å². The molecule has 1 amide bonds. The molecule has 0 atom stereocenters. The van der Waals surface area contributed by atoms with Crippen molar-refractivity contribution in [3.8, 4) is 0 Å². The van der Waals surface area contributed by atoms with E-state index in [0.717, 1.165) is 11.5 Å². The highest BCUT2D eigenvalue weighted by Gasteiger charge is 2.14. The fraction of sp³-hybridized carbons (Fsp3) is 0.455. The normalized spacial score (nSPS) is 13.3. The van der Waals surface area contributed by atoms with Gasteiger partial charge in [-0.2, -0.15) is 0 Å². The van der Waals surface area contributed by atoms with Crippen molar-refractivity contribution in [2.24, 2.45) is 0 Å². The first-order valence-electron chi connectivity index (χ1n) is 5.07. The Morgan fingerprint density at radius 3 is 2.53 bits per heavy atom. The lowest BCUT2D eigenvalue weighted by atomic mass is 10.2. The van der Waals surface area contributed by atoms with Gasteiger partial charge in [-0.25, -0.2) is 4.98 Å². The van der Waals surface area contributed by atoms with Gasteiger partial charge >= 0.3 is 0 Å². The summed E-state index contributed by atoms with van der Waals surface area (Å²) in [7, 11) is 1.56. The number of nitrogens with one attached hydrogen (secondary N) is 1. The molecule has 1 fully saturated rings. The van der Waals surface area contributed by atoms with Crippen LogP contribution in [0.3, 0.4) is 0 Å². The summed E-state index contributed by atoms with van der Waals surface area (Å²) in [5, 5.41) is 2.25. The van der Waals surface area contributed by atoms with Gasteiger partial charge in [0.15, 0.2) is 0 Å². The van der Waals surface area contributed by atoms with Gasteiger partial charge < -0.3 is 10.2 Å². The summed E-state index contributed by atoms with van der Waals surface area (Å²) < 4.78 is 0. The van der Waals surface area contributed by atoms with E-state index < -0.39 is 0 Å². The van der Waals surface area contributed by atoms with Crippen molar-refractivity contribution in [3.05, 3.63) is 23.9 Å². The van der Waals surface area contributed by atoms with Gasteiger partial charge in [0.1, 0.15) is 5.82 Å². The second-order valence-electron chi connectivity index (χ2n) is 3.38. The molecule has 1 aliphatic rings. The van der Waals surface area contributed by atoms with Crippen LogP contribution in [0.25, 0.3) is 0 Å². The number of amides is 1. The minimum absolute atomic E-state index is 0.625. The summed E-state index contributed by atoms with van der Waals surface area (Å²) in [6, 6.07) is 6.17. The molecule has 0 saturated carbocycles. The number of carbonyl (C=O) groups excluding carboxylic acids is 1. The number of aromatic nitrogens is 1. The van der Waals surface area contributed by atoms with E-state index in [-0.39, 0.29) is 0 Å². The van der Waals surface area contributed by atoms with Gasteiger partial charge in [0.25, 0.3) is 0 Å². The highest BCUT2D eigenvalue weighted by Crippen LogP contribution is 2.17. The highest BCUT2D eigenvalue weighted by atomic mass is 16.1. The molecular formula is C11H17N3O. The molecule has 1 aromatic heterocycles. The zero-order valence-electron chi connectivity index (χ0n) is 9.23. The summed E-state index contributed by atoms with van der Waals surface area (Å²) in [5.41, 5.74) is 1.11. The Hall–Kier alpha value is -1.58. The SMILES string of the molecule is CNC=O.Cc1cccc(N2CCC2)n1. The highest BCUT2D eigenvalue weighted by molar-refractivity contribution is 5.44. The van der Waals surface area contributed by atoms with Crippen molar-refractivity contribution in [1.29, 1.82) is 0 Å². The number of pyridine rings is 1. The molecule has 2 heterocycles. The van der Waals surface area contributed by atoms with E-state index in [9.17, 15) is 0 Å². The van der Waals surface area contributed by atoms with Gasteiger partial charge in [0.05, 0.1) is 0 Å². The van der Waals surface area contributed by atoms with Crippen LogP contribution in [0.4, 0.5) is 5.82 Å². The molecule has 0 spiro atoms. The summed E-state index contributed by atoms with van der Waals surface area (Å²) in [4.78, 5) is 15.8. The largest absolute Gasteiger partial charge is 0.362 e. The van der Waals surface area contributed by atoms with E-state index in [2.05, 4.69) is 27.3 Å². The molecule has 0 radical (unpaired) electrons. The molecule has 0 bridgehead atoms. The second kappa shape index (κ2) is 6.01. The zero-order valence-corrected chi connectivity index (χ0v) is 9.23. The van der Waals surface area contributed by atoms with Gasteiger partial charge in [-0.15, -0.1) is 0 Å². The monoisotopic (exact) mass is 207 g/mol. The molecule has 0 aromatic carbocycles. The Balaban J connectivity index is 0.000000245. The first-order valence-corrected chi connectivity index (χ1v) is 5.07. The average molecular weight is 207 g/mol. The van der Waals surface area contributed by atoms with Crippen LogP contribution in [-0.4, -0.2) is 31.5 Å². The van der Waals surface area contributed by atoms with Gasteiger partial charge in [0.2, 0.25) is 6.41 Å². The Labute approximate surface area is 90.3 Å². The molecule has 4 nitrogen and oxygen atoms in total. The van der Waals surface area contributed by atoms with Crippen LogP contribution in [0.5, 0.6) is 0 Å². The molecule has 15 heavy (non-hydrogen) atoms. The van der Waals surface area contributed by atoms with Crippen molar-refractivity contribution in [2.75, 3.05) is 25.0 Å². The Bertz CT molecular complexity index is 310. The van der Waals surface area contributed by atoms with Crippen LogP contribution < -0.4 is 10.2 Å². The summed E-state index contributed by atoms with van der Waals surface area (Å²) in [6.45, 7) is 4.39. The van der Waals surface area contributed by atoms with E-state index in [1.165, 1.54) is 19.5 Å². The standard InChI is InChI=1S/C9H12N2.C2H5NO/c1-8-4-2-5-9(10-8)11-6-3-7-11;1-3-2-4/h2,4-5H,3,6-7H2,1H3;2H,1H3,(H,3,4). The first kappa shape index (κ1) is 11.5. The third-order valence-electron chi connectivity index (χ3n) is 2.17. The van der Waals surface area contributed by atoms with E-state index >= 15 is 0 Å². The van der Waals surface area contributed by atoms with Gasteiger partial charge in [0, 0.05) is 25.8 Å². The maximum Gasteiger partial charge on any atom is 0.206 e. The quantitative estimate of drug-likeness (QED) is 0.735. The fourth-order valence-electron chi connectivity index (χ4n) is 1.25. The molecule has 0 unspecified atom stereocenters. The lowest BCUT2D eigenvalue weighted by Gasteiger charge is -2.32. The third kappa shape index (κ3) is 3.58. The first-order chi connectivity index (χ1) is 7.27. The fourth-order valence-corrected chi connectivity index (χ4v) is 1.25. The van der Waals surface area contributed by atoms with Crippen LogP contribution >= 0.6 is 0 Å². The zero-order chi connectivity index (χ0) is 11.1. The van der Waals surface area contributed by atoms with Gasteiger partial charge in [-0.1, -0.05) is 6.07 Å². The number of hydrogen-bond acceptors (Lipinski definition) is 3. The maximum atomic E-state index is 9.06. The topological polar surface area (TPSA) is 45.2 Å². The Kier molecular flexibility index (Phi) is 4.60. The maximum absolute atomic E-state index is 9.06. The number of anilines is 1. The number of aryl methyl sites for hydroxylation is 1. The van der Waals surface area contributed by atoms with Crippen LogP contribution in [0.1, 0.15) is 12.1 Å². The van der Waals surface area contributed by atoms with Crippen molar-refractivity contribution < 1.29 is 4.79 Å². The second-order valence-corrected chi connectivity index (χ2v) is 3.38. The lowest BCUT2D eigenvalue weighted by Crippen LogP contribution is -2.37. The Morgan fingerprint density at radius 2 is 2.13 bits per heavy atom. The summed E-state index contributed by atoms with van der Waals surface area (Å²) >= 11 is 0. The number of hydrogen-bond donors (Lipinski definition) is 1. The van der Waals surface area contributed by atoms with Crippen molar-refractivity contribution in [3.63, 3.8) is 0 Å². The van der Waals surface area contributed by atoms with E-state index in [1.54, 1.807) is 7.05 Å².